The number of nitro benzene ring substituents is 1. The number of anilines is 1. The van der Waals surface area contributed by atoms with Crippen molar-refractivity contribution in [3.05, 3.63) is 86.0 Å². The number of carbonyl (C=O) groups excluding carboxylic acids is 2. The van der Waals surface area contributed by atoms with E-state index in [0.717, 1.165) is 16.2 Å². The molecule has 2 amide bonds. The van der Waals surface area contributed by atoms with Crippen LogP contribution < -0.4 is 15.8 Å². The van der Waals surface area contributed by atoms with E-state index in [-0.39, 0.29) is 39.3 Å². The number of hydrogen-bond acceptors (Lipinski definition) is 9. The van der Waals surface area contributed by atoms with E-state index in [1.165, 1.54) is 52.5 Å². The number of fused-ring (bicyclic) bond motifs is 1. The van der Waals surface area contributed by atoms with E-state index in [1.54, 1.807) is 12.1 Å². The molecule has 204 valence electrons. The fraction of sp³-hybridized carbons (Fsp3) is 0.120. The Morgan fingerprint density at radius 3 is 2.65 bits per heavy atom. The van der Waals surface area contributed by atoms with E-state index in [4.69, 9.17) is 10.5 Å². The van der Waals surface area contributed by atoms with Gasteiger partial charge in [-0.15, -0.1) is 22.7 Å². The van der Waals surface area contributed by atoms with E-state index in [9.17, 15) is 28.5 Å². The number of nitrogens with one attached hydrogen (secondary N) is 1. The Morgan fingerprint density at radius 1 is 1.20 bits per heavy atom. The third kappa shape index (κ3) is 5.23. The van der Waals surface area contributed by atoms with Gasteiger partial charge in [-0.2, -0.15) is 5.10 Å². The van der Waals surface area contributed by atoms with Crippen LogP contribution in [0, 0.1) is 17.0 Å². The lowest BCUT2D eigenvalue weighted by Gasteiger charge is -2.09. The third-order valence-corrected chi connectivity index (χ3v) is 7.79. The summed E-state index contributed by atoms with van der Waals surface area (Å²) in [5, 5.41) is 18.3. The highest BCUT2D eigenvalue weighted by Gasteiger charge is 2.26. The maximum atomic E-state index is 13.7. The largest absolute Gasteiger partial charge is 0.464 e. The topological polar surface area (TPSA) is 155 Å². The molecule has 4 aromatic heterocycles. The standard InChI is InChI=1S/C25H18F2N6O5S2/c1-12-6-7-18(39-12)13-10-15(22(26)27)29-25-19(13)20(21(40-25)23(28)34)30-24(35)14-8-9-32(31-14)11-38-17-5-3-2-4-16(17)33(36)37/h2-10,22H,11H2,1H3,(H2,28,34)(H,30,35). The molecule has 1 aromatic carbocycles. The predicted octanol–water partition coefficient (Wildman–Crippen LogP) is 5.76. The highest BCUT2D eigenvalue weighted by Crippen LogP contribution is 2.44. The van der Waals surface area contributed by atoms with Crippen LogP contribution in [0.5, 0.6) is 5.75 Å². The maximum absolute atomic E-state index is 13.7. The highest BCUT2D eigenvalue weighted by molar-refractivity contribution is 7.21. The van der Waals surface area contributed by atoms with Crippen LogP contribution in [0.25, 0.3) is 20.7 Å². The number of aryl methyl sites for hydroxylation is 1. The fourth-order valence-corrected chi connectivity index (χ4v) is 5.80. The van der Waals surface area contributed by atoms with Gasteiger partial charge >= 0.3 is 5.69 Å². The van der Waals surface area contributed by atoms with Crippen molar-refractivity contribution >= 4 is 56.1 Å². The summed E-state index contributed by atoms with van der Waals surface area (Å²) in [5.74, 6) is -1.55. The first-order chi connectivity index (χ1) is 19.1. The molecular formula is C25H18F2N6O5S2. The molecule has 3 N–H and O–H groups in total. The zero-order valence-electron chi connectivity index (χ0n) is 20.5. The fourth-order valence-electron chi connectivity index (χ4n) is 3.89. The molecule has 0 saturated heterocycles. The van der Waals surface area contributed by atoms with Crippen LogP contribution >= 0.6 is 22.7 Å². The summed E-state index contributed by atoms with van der Waals surface area (Å²) in [4.78, 5) is 41.8. The molecule has 5 rings (SSSR count). The number of thiophene rings is 2. The molecule has 4 heterocycles. The predicted molar refractivity (Wildman–Crippen MR) is 145 cm³/mol. The first kappa shape index (κ1) is 26.8. The molecule has 0 aliphatic rings. The minimum atomic E-state index is -2.86. The molecule has 0 bridgehead atoms. The van der Waals surface area contributed by atoms with Gasteiger partial charge in [0.25, 0.3) is 18.2 Å². The van der Waals surface area contributed by atoms with E-state index < -0.39 is 28.9 Å². The van der Waals surface area contributed by atoms with Gasteiger partial charge in [0.15, 0.2) is 18.2 Å². The van der Waals surface area contributed by atoms with Crippen LogP contribution in [-0.2, 0) is 6.73 Å². The number of primary amides is 1. The molecule has 15 heteroatoms. The SMILES string of the molecule is Cc1ccc(-c2cc(C(F)F)nc3sc(C(N)=O)c(NC(=O)c4ccn(COc5ccccc5[N+](=O)[O-])n4)c23)s1. The summed E-state index contributed by atoms with van der Waals surface area (Å²) < 4.78 is 34.1. The first-order valence-electron chi connectivity index (χ1n) is 11.5. The van der Waals surface area contributed by atoms with Crippen molar-refractivity contribution in [2.24, 2.45) is 5.73 Å². The summed E-state index contributed by atoms with van der Waals surface area (Å²) in [6, 6.07) is 12.0. The number of pyridine rings is 1. The number of nitrogens with two attached hydrogens (primary N) is 1. The minimum Gasteiger partial charge on any atom is -0.464 e. The number of nitro groups is 1. The average Bonchev–Trinajstić information content (AvgIpc) is 3.66. The lowest BCUT2D eigenvalue weighted by molar-refractivity contribution is -0.386. The Morgan fingerprint density at radius 2 is 1.98 bits per heavy atom. The van der Waals surface area contributed by atoms with Gasteiger partial charge < -0.3 is 15.8 Å². The summed E-state index contributed by atoms with van der Waals surface area (Å²) in [7, 11) is 0. The van der Waals surface area contributed by atoms with Crippen LogP contribution in [0.3, 0.4) is 0 Å². The molecular weight excluding hydrogens is 566 g/mol. The second kappa shape index (κ2) is 10.8. The number of alkyl halides is 2. The van der Waals surface area contributed by atoms with Crippen molar-refractivity contribution in [3.8, 4) is 16.2 Å². The first-order valence-corrected chi connectivity index (χ1v) is 13.1. The van der Waals surface area contributed by atoms with Gasteiger partial charge in [-0.3, -0.25) is 19.7 Å². The number of nitrogens with zero attached hydrogens (tertiary/aromatic N) is 4. The smallest absolute Gasteiger partial charge is 0.311 e. The maximum Gasteiger partial charge on any atom is 0.311 e. The summed E-state index contributed by atoms with van der Waals surface area (Å²) in [5.41, 5.74) is 5.23. The number of rotatable bonds is 9. The second-order valence-electron chi connectivity index (χ2n) is 8.35. The Balaban J connectivity index is 1.47. The number of para-hydroxylation sites is 2. The molecule has 5 aromatic rings. The number of aromatic nitrogens is 3. The van der Waals surface area contributed by atoms with Crippen molar-refractivity contribution in [2.45, 2.75) is 20.1 Å². The number of halogens is 2. The van der Waals surface area contributed by atoms with Gasteiger partial charge in [-0.1, -0.05) is 12.1 Å². The van der Waals surface area contributed by atoms with E-state index in [0.29, 0.717) is 15.8 Å². The van der Waals surface area contributed by atoms with Gasteiger partial charge in [-0.25, -0.2) is 18.4 Å². The van der Waals surface area contributed by atoms with Crippen molar-refractivity contribution in [3.63, 3.8) is 0 Å². The van der Waals surface area contributed by atoms with Gasteiger partial charge in [0.2, 0.25) is 0 Å². The van der Waals surface area contributed by atoms with Crippen LogP contribution in [0.2, 0.25) is 0 Å². The molecule has 0 aliphatic heterocycles. The number of carbonyl (C=O) groups is 2. The van der Waals surface area contributed by atoms with E-state index in [2.05, 4.69) is 15.4 Å². The molecule has 0 saturated carbocycles. The number of hydrogen-bond donors (Lipinski definition) is 2. The average molecular weight is 585 g/mol. The quantitative estimate of drug-likeness (QED) is 0.165. The monoisotopic (exact) mass is 584 g/mol. The van der Waals surface area contributed by atoms with Crippen molar-refractivity contribution in [2.75, 3.05) is 5.32 Å². The van der Waals surface area contributed by atoms with E-state index >= 15 is 0 Å². The molecule has 0 spiro atoms. The number of benzene rings is 1. The summed E-state index contributed by atoms with van der Waals surface area (Å²) in [6.45, 7) is 1.63. The number of ether oxygens (including phenoxy) is 1. The molecule has 11 nitrogen and oxygen atoms in total. The van der Waals surface area contributed by atoms with E-state index in [1.807, 2.05) is 13.0 Å². The third-order valence-electron chi connectivity index (χ3n) is 5.66. The van der Waals surface area contributed by atoms with Crippen molar-refractivity contribution in [1.82, 2.24) is 14.8 Å². The van der Waals surface area contributed by atoms with Crippen LogP contribution in [0.4, 0.5) is 20.2 Å². The van der Waals surface area contributed by atoms with Crippen molar-refractivity contribution < 1.29 is 28.0 Å². The lowest BCUT2D eigenvalue weighted by Crippen LogP contribution is -2.18. The van der Waals surface area contributed by atoms with Crippen molar-refractivity contribution in [1.29, 1.82) is 0 Å². The lowest BCUT2D eigenvalue weighted by atomic mass is 10.1. The van der Waals surface area contributed by atoms with Crippen LogP contribution in [0.1, 0.15) is 37.2 Å². The Labute approximate surface area is 232 Å². The Hall–Kier alpha value is -4.76. The summed E-state index contributed by atoms with van der Waals surface area (Å²) >= 11 is 2.16. The number of amides is 2. The zero-order chi connectivity index (χ0) is 28.6. The minimum absolute atomic E-state index is 0.0249. The Kier molecular flexibility index (Phi) is 7.23. The van der Waals surface area contributed by atoms with Gasteiger partial charge in [0.05, 0.1) is 10.6 Å². The molecule has 0 fully saturated rings. The molecule has 0 unspecified atom stereocenters. The normalized spacial score (nSPS) is 11.2. The van der Waals surface area contributed by atoms with Gasteiger partial charge in [0.1, 0.15) is 15.4 Å². The van der Waals surface area contributed by atoms with Crippen LogP contribution in [-0.4, -0.2) is 31.5 Å². The highest BCUT2D eigenvalue weighted by atomic mass is 32.1. The Bertz CT molecular complexity index is 1780. The molecule has 0 radical (unpaired) electrons. The zero-order valence-corrected chi connectivity index (χ0v) is 22.1. The molecule has 0 atom stereocenters. The second-order valence-corrected chi connectivity index (χ2v) is 10.6. The van der Waals surface area contributed by atoms with Crippen LogP contribution in [0.15, 0.2) is 54.7 Å². The molecule has 40 heavy (non-hydrogen) atoms. The summed E-state index contributed by atoms with van der Waals surface area (Å²) in [6.07, 6.45) is -1.43. The van der Waals surface area contributed by atoms with Gasteiger partial charge in [0, 0.05) is 33.0 Å². The molecule has 0 aliphatic carbocycles. The van der Waals surface area contributed by atoms with Gasteiger partial charge in [-0.05, 0) is 37.3 Å².